The zero-order valence-electron chi connectivity index (χ0n) is 32.9. The van der Waals surface area contributed by atoms with Gasteiger partial charge in [0.15, 0.2) is 0 Å². The third-order valence-corrected chi connectivity index (χ3v) is 13.4. The maximum absolute atomic E-state index is 5.41. The van der Waals surface area contributed by atoms with Gasteiger partial charge in [0.2, 0.25) is 0 Å². The minimum absolute atomic E-state index is 0.342. The summed E-state index contributed by atoms with van der Waals surface area (Å²) < 4.78 is 14.1. The molecule has 2 nitrogen and oxygen atoms in total. The van der Waals surface area contributed by atoms with Crippen LogP contribution in [0.2, 0.25) is 8.94 Å². The van der Waals surface area contributed by atoms with Crippen LogP contribution in [0.25, 0.3) is 0 Å². The topological polar surface area (TPSA) is 18.5 Å². The van der Waals surface area contributed by atoms with E-state index >= 15 is 0 Å². The second-order valence-electron chi connectivity index (χ2n) is 14.7. The van der Waals surface area contributed by atoms with Gasteiger partial charge in [0, 0.05) is 26.4 Å². The van der Waals surface area contributed by atoms with Crippen molar-refractivity contribution in [1.29, 1.82) is 0 Å². The van der Waals surface area contributed by atoms with Gasteiger partial charge in [0.1, 0.15) is 0 Å². The van der Waals surface area contributed by atoms with Gasteiger partial charge < -0.3 is 9.47 Å². The van der Waals surface area contributed by atoms with Crippen LogP contribution in [0.1, 0.15) is 245 Å². The molecule has 0 atom stereocenters. The van der Waals surface area contributed by atoms with E-state index in [1.54, 1.807) is 21.8 Å². The third-order valence-electron chi connectivity index (χ3n) is 10.1. The van der Waals surface area contributed by atoms with E-state index in [4.69, 9.17) is 9.47 Å². The van der Waals surface area contributed by atoms with Crippen LogP contribution in [0.15, 0.2) is 0 Å². The van der Waals surface area contributed by atoms with Gasteiger partial charge in [-0.2, -0.15) is 0 Å². The molecule has 0 unspecified atom stereocenters. The van der Waals surface area contributed by atoms with Gasteiger partial charge in [-0.3, -0.25) is 0 Å². The number of unbranched alkanes of at least 4 members (excludes halogenated alkanes) is 34. The Labute approximate surface area is 309 Å². The minimum Gasteiger partial charge on any atom is -0.382 e. The Bertz CT molecular complexity index is 469. The first-order valence-corrected chi connectivity index (χ1v) is 25.4. The van der Waals surface area contributed by atoms with Crippen LogP contribution in [0.3, 0.4) is 0 Å². The van der Waals surface area contributed by atoms with Gasteiger partial charge in [-0.25, -0.2) is 0 Å². The smallest absolute Gasteiger partial charge is 0.382 e. The van der Waals surface area contributed by atoms with E-state index in [-0.39, 0.29) is 0 Å². The van der Waals surface area contributed by atoms with Gasteiger partial charge in [0.25, 0.3) is 0 Å². The normalized spacial score (nSPS) is 11.6. The molecule has 0 radical (unpaired) electrons. The molecule has 0 aromatic heterocycles. The number of ether oxygens (including phenoxy) is 2. The molecular weight excluding hydrogens is 688 g/mol. The molecule has 0 spiro atoms. The molecule has 0 rings (SSSR count). The first-order valence-electron chi connectivity index (χ1n) is 22.1. The molecule has 0 aliphatic rings. The monoisotopic (exact) mass is 781 g/mol. The predicted molar refractivity (Wildman–Crippen MR) is 215 cm³/mol. The minimum atomic E-state index is 0.342. The first kappa shape index (κ1) is 47.7. The van der Waals surface area contributed by atoms with Crippen molar-refractivity contribution in [3.05, 3.63) is 0 Å². The number of rotatable bonds is 44. The molecule has 0 fully saturated rings. The van der Waals surface area contributed by atoms with E-state index in [9.17, 15) is 0 Å². The molecule has 0 saturated carbocycles. The van der Waals surface area contributed by atoms with Crippen LogP contribution in [0, 0.1) is 0 Å². The summed E-state index contributed by atoms with van der Waals surface area (Å²) in [6, 6.07) is 0. The summed E-state index contributed by atoms with van der Waals surface area (Å²) >= 11 is 0.342. The Morgan fingerprint density at radius 1 is 0.234 bits per heavy atom. The molecule has 0 bridgehead atoms. The van der Waals surface area contributed by atoms with Gasteiger partial charge in [-0.1, -0.05) is 77.0 Å². The number of hydrogen-bond acceptors (Lipinski definition) is 2. The van der Waals surface area contributed by atoms with Gasteiger partial charge in [-0.15, -0.1) is 0 Å². The molecular formula is C44H90O2Te. The Morgan fingerprint density at radius 2 is 0.404 bits per heavy atom. The zero-order chi connectivity index (χ0) is 33.8. The Morgan fingerprint density at radius 3 is 0.596 bits per heavy atom. The van der Waals surface area contributed by atoms with Crippen LogP contribution < -0.4 is 0 Å². The van der Waals surface area contributed by atoms with E-state index in [1.165, 1.54) is 218 Å². The molecule has 0 saturated heterocycles. The number of hydrogen-bond donors (Lipinski definition) is 0. The van der Waals surface area contributed by atoms with Gasteiger partial charge in [0.05, 0.1) is 0 Å². The van der Waals surface area contributed by atoms with Crippen LogP contribution >= 0.6 is 0 Å². The second kappa shape index (κ2) is 46.7. The standard InChI is InChI=1S/C44H90O2Te/c1-3-45-41-37-33-29-25-21-17-13-9-5-7-11-15-19-23-27-31-35-39-43-47-44-40-36-32-28-24-20-16-12-8-6-10-14-18-22-26-30-34-38-42-46-4-2/h3-44H2,1-2H3. The summed E-state index contributed by atoms with van der Waals surface area (Å²) in [4.78, 5) is 0. The van der Waals surface area contributed by atoms with E-state index in [0.29, 0.717) is 20.9 Å². The third kappa shape index (κ3) is 46.7. The molecule has 0 aromatic carbocycles. The van der Waals surface area contributed by atoms with Gasteiger partial charge >= 0.3 is 171 Å². The second-order valence-corrected chi connectivity index (χ2v) is 18.2. The van der Waals surface area contributed by atoms with Crippen molar-refractivity contribution in [2.45, 2.75) is 254 Å². The summed E-state index contributed by atoms with van der Waals surface area (Å²) in [6.07, 6.45) is 52.7. The van der Waals surface area contributed by atoms with Crippen molar-refractivity contribution >= 4 is 20.9 Å². The first-order chi connectivity index (χ1) is 23.4. The van der Waals surface area contributed by atoms with E-state index in [2.05, 4.69) is 13.8 Å². The summed E-state index contributed by atoms with van der Waals surface area (Å²) in [7, 11) is 0. The van der Waals surface area contributed by atoms with Crippen molar-refractivity contribution < 1.29 is 9.47 Å². The maximum atomic E-state index is 5.41. The fraction of sp³-hybridized carbons (Fsp3) is 1.00. The Kier molecular flexibility index (Phi) is 47.4. The summed E-state index contributed by atoms with van der Waals surface area (Å²) in [6.45, 7) is 7.87. The fourth-order valence-electron chi connectivity index (χ4n) is 6.86. The molecule has 47 heavy (non-hydrogen) atoms. The Hall–Kier alpha value is 0.710. The van der Waals surface area contributed by atoms with E-state index < -0.39 is 0 Å². The molecule has 0 heterocycles. The summed E-state index contributed by atoms with van der Waals surface area (Å²) in [5, 5.41) is 0. The van der Waals surface area contributed by atoms with Crippen LogP contribution in [-0.4, -0.2) is 47.4 Å². The van der Waals surface area contributed by atoms with Crippen LogP contribution in [0.5, 0.6) is 0 Å². The van der Waals surface area contributed by atoms with Crippen LogP contribution in [-0.2, 0) is 9.47 Å². The van der Waals surface area contributed by atoms with Crippen molar-refractivity contribution in [3.8, 4) is 0 Å². The summed E-state index contributed by atoms with van der Waals surface area (Å²) in [5.74, 6) is 0. The zero-order valence-corrected chi connectivity index (χ0v) is 35.3. The average molecular weight is 779 g/mol. The molecule has 0 aliphatic carbocycles. The van der Waals surface area contributed by atoms with E-state index in [0.717, 1.165) is 26.4 Å². The van der Waals surface area contributed by atoms with E-state index in [1.807, 2.05) is 0 Å². The van der Waals surface area contributed by atoms with Crippen molar-refractivity contribution in [2.24, 2.45) is 0 Å². The van der Waals surface area contributed by atoms with Gasteiger partial charge in [-0.05, 0) is 26.7 Å². The SMILES string of the molecule is CCOCCCCCCCCCCCCCCCCCCCC[Te]CCCCCCCCCCCCCCCCCCCCOCC. The van der Waals surface area contributed by atoms with Crippen LogP contribution in [0.4, 0.5) is 0 Å². The fourth-order valence-corrected chi connectivity index (χ4v) is 9.78. The average Bonchev–Trinajstić information content (AvgIpc) is 3.08. The predicted octanol–water partition coefficient (Wildman–Crippen LogP) is 15.6. The Balaban J connectivity index is 3.03. The molecule has 0 aromatic rings. The quantitative estimate of drug-likeness (QED) is 0.0453. The molecule has 0 aliphatic heterocycles. The molecule has 3 heteroatoms. The molecule has 284 valence electrons. The molecule has 0 amide bonds. The van der Waals surface area contributed by atoms with Crippen molar-refractivity contribution in [3.63, 3.8) is 0 Å². The molecule has 0 N–H and O–H groups in total. The van der Waals surface area contributed by atoms with Crippen molar-refractivity contribution in [1.82, 2.24) is 0 Å². The summed E-state index contributed by atoms with van der Waals surface area (Å²) in [5.41, 5.74) is 0. The van der Waals surface area contributed by atoms with Crippen molar-refractivity contribution in [2.75, 3.05) is 26.4 Å².